The molecule has 0 aromatic heterocycles. The van der Waals surface area contributed by atoms with Gasteiger partial charge < -0.3 is 19.5 Å². The van der Waals surface area contributed by atoms with Gasteiger partial charge in [-0.2, -0.15) is 0 Å². The van der Waals surface area contributed by atoms with Crippen molar-refractivity contribution in [1.29, 1.82) is 0 Å². The molecule has 0 unspecified atom stereocenters. The highest BCUT2D eigenvalue weighted by atomic mass is 16.4. The van der Waals surface area contributed by atoms with Crippen LogP contribution in [0.2, 0.25) is 0 Å². The number of benzene rings is 3. The number of aromatic carboxylic acids is 2. The molecule has 2 aromatic rings. The van der Waals surface area contributed by atoms with Gasteiger partial charge in [-0.3, -0.25) is 4.99 Å². The number of hydrogen-bond donors (Lipinski definition) is 2. The van der Waals surface area contributed by atoms with Gasteiger partial charge in [0.25, 0.3) is 0 Å². The number of carboxylic acid groups (broad SMARTS) is 2. The Labute approximate surface area is 184 Å². The van der Waals surface area contributed by atoms with Gasteiger partial charge in [-0.1, -0.05) is 0 Å². The van der Waals surface area contributed by atoms with Crippen molar-refractivity contribution in [2.75, 3.05) is 25.5 Å². The highest BCUT2D eigenvalue weighted by Crippen LogP contribution is 2.42. The molecule has 2 aromatic carbocycles. The van der Waals surface area contributed by atoms with Crippen LogP contribution in [0.15, 0.2) is 64.0 Å². The summed E-state index contributed by atoms with van der Waals surface area (Å²) in [6.07, 6.45) is 0. The first-order chi connectivity index (χ1) is 15.3. The first kappa shape index (κ1) is 21.1. The summed E-state index contributed by atoms with van der Waals surface area (Å²) >= 11 is 0. The Hall–Kier alpha value is -4.13. The number of hydrogen-bond acceptors (Lipinski definition) is 5. The summed E-state index contributed by atoms with van der Waals surface area (Å²) in [6.45, 7) is 2.55. The number of rotatable bonds is 5. The van der Waals surface area contributed by atoms with E-state index in [9.17, 15) is 19.8 Å². The van der Waals surface area contributed by atoms with Crippen LogP contribution in [-0.2, 0) is 0 Å². The lowest BCUT2D eigenvalue weighted by Crippen LogP contribution is -2.09. The van der Waals surface area contributed by atoms with Crippen molar-refractivity contribution in [2.45, 2.75) is 6.92 Å². The van der Waals surface area contributed by atoms with Crippen LogP contribution in [0.3, 0.4) is 0 Å². The number of carbonyl (C=O) groups is 2. The highest BCUT2D eigenvalue weighted by Gasteiger charge is 2.23. The second-order valence-electron chi connectivity index (χ2n) is 7.58. The van der Waals surface area contributed by atoms with Crippen molar-refractivity contribution >= 4 is 28.6 Å². The van der Waals surface area contributed by atoms with Crippen LogP contribution in [-0.4, -0.2) is 42.8 Å². The molecule has 0 atom stereocenters. The molecule has 1 aliphatic carbocycles. The monoisotopic (exact) mass is 430 g/mol. The Bertz CT molecular complexity index is 1400. The summed E-state index contributed by atoms with van der Waals surface area (Å²) < 4.78 is 6.21. The third-order valence-corrected chi connectivity index (χ3v) is 5.31. The molecule has 2 N–H and O–H groups in total. The number of fused-ring (bicyclic) bond motifs is 2. The van der Waals surface area contributed by atoms with Gasteiger partial charge >= 0.3 is 11.9 Å². The van der Waals surface area contributed by atoms with Crippen LogP contribution in [0, 0.1) is 0 Å². The second-order valence-corrected chi connectivity index (χ2v) is 7.58. The van der Waals surface area contributed by atoms with E-state index in [0.29, 0.717) is 40.0 Å². The summed E-state index contributed by atoms with van der Waals surface area (Å²) in [5.74, 6) is -1.73. The lowest BCUT2D eigenvalue weighted by molar-refractivity contribution is 0.0682. The maximum absolute atomic E-state index is 12.0. The molecule has 0 saturated heterocycles. The fourth-order valence-electron chi connectivity index (χ4n) is 3.79. The van der Waals surface area contributed by atoms with Gasteiger partial charge in [-0.05, 0) is 55.0 Å². The predicted molar refractivity (Wildman–Crippen MR) is 123 cm³/mol. The molecular formula is C25H22N2O5. The highest BCUT2D eigenvalue weighted by molar-refractivity contribution is 6.09. The summed E-state index contributed by atoms with van der Waals surface area (Å²) in [5.41, 5.74) is 3.10. The van der Waals surface area contributed by atoms with Gasteiger partial charge in [-0.15, -0.1) is 0 Å². The Morgan fingerprint density at radius 1 is 0.938 bits per heavy atom. The fourth-order valence-corrected chi connectivity index (χ4v) is 3.79. The minimum Gasteiger partial charge on any atom is -0.478 e. The van der Waals surface area contributed by atoms with Crippen molar-refractivity contribution in [2.24, 2.45) is 4.99 Å². The SMILES string of the molecule is CCN=c1ccc2c(-c3cc(C(=O)O)ccc3C(=O)O)c3ccc(N(C)C)cc3oc-2c1. The van der Waals surface area contributed by atoms with Gasteiger partial charge in [0.05, 0.1) is 16.5 Å². The summed E-state index contributed by atoms with van der Waals surface area (Å²) in [5, 5.41) is 20.8. The predicted octanol–water partition coefficient (Wildman–Crippen LogP) is 4.59. The zero-order valence-corrected chi connectivity index (χ0v) is 17.9. The number of carboxylic acids is 2. The van der Waals surface area contributed by atoms with E-state index in [4.69, 9.17) is 4.42 Å². The fraction of sp³-hybridized carbons (Fsp3) is 0.160. The minimum atomic E-state index is -1.14. The average Bonchev–Trinajstić information content (AvgIpc) is 2.76. The van der Waals surface area contributed by atoms with Crippen molar-refractivity contribution in [3.8, 4) is 22.5 Å². The number of nitrogens with zero attached hydrogens (tertiary/aromatic N) is 2. The molecule has 0 saturated carbocycles. The molecule has 1 aliphatic heterocycles. The van der Waals surface area contributed by atoms with Crippen LogP contribution in [0.5, 0.6) is 0 Å². The van der Waals surface area contributed by atoms with Crippen LogP contribution >= 0.6 is 0 Å². The van der Waals surface area contributed by atoms with E-state index >= 15 is 0 Å². The lowest BCUT2D eigenvalue weighted by atomic mass is 9.89. The van der Waals surface area contributed by atoms with Gasteiger partial charge in [0.1, 0.15) is 11.3 Å². The Balaban J connectivity index is 2.18. The Kier molecular flexibility index (Phi) is 5.40. The van der Waals surface area contributed by atoms with Crippen molar-refractivity contribution in [3.63, 3.8) is 0 Å². The smallest absolute Gasteiger partial charge is 0.336 e. The molecule has 0 bridgehead atoms. The first-order valence-corrected chi connectivity index (χ1v) is 10.1. The molecule has 7 heteroatoms. The van der Waals surface area contributed by atoms with Crippen LogP contribution in [0.1, 0.15) is 27.6 Å². The van der Waals surface area contributed by atoms with Gasteiger partial charge in [-0.25, -0.2) is 9.59 Å². The molecule has 7 nitrogen and oxygen atoms in total. The molecule has 4 rings (SSSR count). The quantitative estimate of drug-likeness (QED) is 0.449. The normalized spacial score (nSPS) is 11.8. The van der Waals surface area contributed by atoms with E-state index in [1.807, 2.05) is 62.3 Å². The number of anilines is 1. The van der Waals surface area contributed by atoms with E-state index in [0.717, 1.165) is 11.0 Å². The maximum Gasteiger partial charge on any atom is 0.336 e. The maximum atomic E-state index is 12.0. The Morgan fingerprint density at radius 2 is 1.72 bits per heavy atom. The molecule has 0 radical (unpaired) electrons. The van der Waals surface area contributed by atoms with Gasteiger partial charge in [0.15, 0.2) is 0 Å². The molecular weight excluding hydrogens is 408 g/mol. The molecule has 2 aliphatic rings. The molecule has 0 fully saturated rings. The van der Waals surface area contributed by atoms with Crippen molar-refractivity contribution in [3.05, 3.63) is 71.1 Å². The van der Waals surface area contributed by atoms with Crippen LogP contribution in [0.25, 0.3) is 33.4 Å². The Morgan fingerprint density at radius 3 is 2.38 bits per heavy atom. The molecule has 32 heavy (non-hydrogen) atoms. The molecule has 1 heterocycles. The lowest BCUT2D eigenvalue weighted by Gasteiger charge is -2.19. The second kappa shape index (κ2) is 8.19. The van der Waals surface area contributed by atoms with Crippen molar-refractivity contribution in [1.82, 2.24) is 0 Å². The van der Waals surface area contributed by atoms with Crippen LogP contribution < -0.4 is 10.3 Å². The van der Waals surface area contributed by atoms with Crippen LogP contribution in [0.4, 0.5) is 5.69 Å². The van der Waals surface area contributed by atoms with Gasteiger partial charge in [0.2, 0.25) is 0 Å². The van der Waals surface area contributed by atoms with E-state index in [-0.39, 0.29) is 11.1 Å². The molecule has 162 valence electrons. The zero-order chi connectivity index (χ0) is 23.0. The van der Waals surface area contributed by atoms with Crippen molar-refractivity contribution < 1.29 is 24.2 Å². The largest absolute Gasteiger partial charge is 0.478 e. The topological polar surface area (TPSA) is 103 Å². The van der Waals surface area contributed by atoms with Gasteiger partial charge in [0, 0.05) is 55.0 Å². The van der Waals surface area contributed by atoms with E-state index in [1.165, 1.54) is 18.2 Å². The summed E-state index contributed by atoms with van der Waals surface area (Å²) in [6, 6.07) is 15.2. The van der Waals surface area contributed by atoms with E-state index in [1.54, 1.807) is 0 Å². The van der Waals surface area contributed by atoms with E-state index < -0.39 is 11.9 Å². The zero-order valence-electron chi connectivity index (χ0n) is 17.9. The first-order valence-electron chi connectivity index (χ1n) is 10.1. The van der Waals surface area contributed by atoms with E-state index in [2.05, 4.69) is 4.99 Å². The summed E-state index contributed by atoms with van der Waals surface area (Å²) in [4.78, 5) is 30.1. The summed E-state index contributed by atoms with van der Waals surface area (Å²) in [7, 11) is 3.83. The standard InChI is InChI=1S/C25H22N2O5/c1-4-26-15-6-9-18-21(12-15)32-22-13-16(27(2)3)7-10-19(22)23(18)20-11-14(24(28)29)5-8-17(20)25(30)31/h5-13H,4H2,1-3H3,(H,28,29)(H,30,31). The average molecular weight is 430 g/mol. The molecule has 0 spiro atoms. The third-order valence-electron chi connectivity index (χ3n) is 5.31. The third kappa shape index (κ3) is 3.69. The minimum absolute atomic E-state index is 0.00890. The molecule has 0 amide bonds.